The lowest BCUT2D eigenvalue weighted by atomic mass is 10.1. The van der Waals surface area contributed by atoms with E-state index in [0.717, 1.165) is 0 Å². The summed E-state index contributed by atoms with van der Waals surface area (Å²) in [5.74, 6) is -1.30. The molecule has 2 rings (SSSR count). The Morgan fingerprint density at radius 3 is 2.19 bits per heavy atom. The molecule has 0 fully saturated rings. The number of nitro groups is 1. The Morgan fingerprint density at radius 1 is 1.10 bits per heavy atom. The number of carboxylic acids is 1. The molecule has 21 heavy (non-hydrogen) atoms. The molecule has 0 amide bonds. The molecule has 0 aromatic heterocycles. The van der Waals surface area contributed by atoms with E-state index in [1.54, 1.807) is 6.07 Å². The van der Waals surface area contributed by atoms with Crippen LogP contribution >= 0.6 is 23.2 Å². The van der Waals surface area contributed by atoms with Crippen LogP contribution in [-0.4, -0.2) is 16.0 Å². The number of hydrogen-bond donors (Lipinski definition) is 2. The average Bonchev–Trinajstić information content (AvgIpc) is 2.42. The quantitative estimate of drug-likeness (QED) is 0.643. The van der Waals surface area contributed by atoms with Crippen molar-refractivity contribution in [3.8, 4) is 0 Å². The summed E-state index contributed by atoms with van der Waals surface area (Å²) in [7, 11) is 0. The van der Waals surface area contributed by atoms with Crippen LogP contribution in [0, 0.1) is 10.1 Å². The summed E-state index contributed by atoms with van der Waals surface area (Å²) in [6, 6.07) is 8.41. The van der Waals surface area contributed by atoms with Crippen molar-refractivity contribution in [2.24, 2.45) is 0 Å². The SMILES string of the molecule is O=C(O)c1cccc([N+](=O)[O-])c1Nc1c(Cl)cccc1Cl. The molecular weight excluding hydrogens is 319 g/mol. The van der Waals surface area contributed by atoms with Gasteiger partial charge in [-0.2, -0.15) is 0 Å². The number of rotatable bonds is 4. The van der Waals surface area contributed by atoms with Gasteiger partial charge in [-0.05, 0) is 18.2 Å². The van der Waals surface area contributed by atoms with Gasteiger partial charge in [-0.25, -0.2) is 4.79 Å². The van der Waals surface area contributed by atoms with E-state index in [1.165, 1.54) is 30.3 Å². The van der Waals surface area contributed by atoms with Crippen molar-refractivity contribution in [2.75, 3.05) is 5.32 Å². The second-order valence-electron chi connectivity index (χ2n) is 3.98. The highest BCUT2D eigenvalue weighted by atomic mass is 35.5. The summed E-state index contributed by atoms with van der Waals surface area (Å²) in [5.41, 5.74) is -0.603. The van der Waals surface area contributed by atoms with Crippen LogP contribution < -0.4 is 5.32 Å². The van der Waals surface area contributed by atoms with Crippen LogP contribution in [-0.2, 0) is 0 Å². The Balaban J connectivity index is 2.62. The molecule has 0 heterocycles. The topological polar surface area (TPSA) is 92.5 Å². The number of nitrogens with zero attached hydrogens (tertiary/aromatic N) is 1. The molecule has 8 heteroatoms. The molecule has 0 saturated heterocycles. The molecule has 2 aromatic rings. The number of halogens is 2. The summed E-state index contributed by atoms with van der Waals surface area (Å²) < 4.78 is 0. The number of nitro benzene ring substituents is 1. The van der Waals surface area contributed by atoms with Crippen molar-refractivity contribution < 1.29 is 14.8 Å². The van der Waals surface area contributed by atoms with Gasteiger partial charge in [-0.15, -0.1) is 0 Å². The van der Waals surface area contributed by atoms with Crippen molar-refractivity contribution in [3.05, 3.63) is 62.1 Å². The van der Waals surface area contributed by atoms with Crippen LogP contribution in [0.2, 0.25) is 10.0 Å². The van der Waals surface area contributed by atoms with Crippen molar-refractivity contribution in [3.63, 3.8) is 0 Å². The van der Waals surface area contributed by atoms with Gasteiger partial charge >= 0.3 is 5.97 Å². The molecule has 0 saturated carbocycles. The van der Waals surface area contributed by atoms with E-state index in [0.29, 0.717) is 0 Å². The van der Waals surface area contributed by atoms with Gasteiger partial charge in [0.05, 0.1) is 26.2 Å². The highest BCUT2D eigenvalue weighted by Crippen LogP contribution is 2.37. The van der Waals surface area contributed by atoms with E-state index in [9.17, 15) is 14.9 Å². The van der Waals surface area contributed by atoms with Gasteiger partial charge in [-0.1, -0.05) is 35.3 Å². The molecule has 0 spiro atoms. The first kappa shape index (κ1) is 15.1. The molecule has 0 bridgehead atoms. The Morgan fingerprint density at radius 2 is 1.67 bits per heavy atom. The number of para-hydroxylation sites is 2. The summed E-state index contributed by atoms with van der Waals surface area (Å²) >= 11 is 12.0. The first-order valence-corrected chi connectivity index (χ1v) is 6.39. The minimum atomic E-state index is -1.30. The molecule has 2 aromatic carbocycles. The molecule has 0 radical (unpaired) electrons. The minimum absolute atomic E-state index is 0.176. The third-order valence-corrected chi connectivity index (χ3v) is 3.31. The molecule has 2 N–H and O–H groups in total. The van der Waals surface area contributed by atoms with E-state index in [2.05, 4.69) is 5.32 Å². The molecule has 0 unspecified atom stereocenters. The third-order valence-electron chi connectivity index (χ3n) is 2.68. The zero-order chi connectivity index (χ0) is 15.6. The number of aromatic carboxylic acids is 1. The van der Waals surface area contributed by atoms with Gasteiger partial charge in [0.2, 0.25) is 0 Å². The third kappa shape index (κ3) is 3.07. The van der Waals surface area contributed by atoms with Crippen molar-refractivity contribution in [1.29, 1.82) is 0 Å². The van der Waals surface area contributed by atoms with Gasteiger partial charge in [0.1, 0.15) is 5.69 Å². The Kier molecular flexibility index (Phi) is 4.30. The number of carboxylic acid groups (broad SMARTS) is 1. The van der Waals surface area contributed by atoms with Gasteiger partial charge in [0.25, 0.3) is 5.69 Å². The van der Waals surface area contributed by atoms with Gasteiger partial charge < -0.3 is 10.4 Å². The lowest BCUT2D eigenvalue weighted by molar-refractivity contribution is -0.383. The minimum Gasteiger partial charge on any atom is -0.478 e. The van der Waals surface area contributed by atoms with E-state index in [1.807, 2.05) is 0 Å². The number of nitrogens with one attached hydrogen (secondary N) is 1. The predicted molar refractivity (Wildman–Crippen MR) is 79.8 cm³/mol. The molecule has 0 aliphatic carbocycles. The first-order chi connectivity index (χ1) is 9.91. The highest BCUT2D eigenvalue weighted by molar-refractivity contribution is 6.39. The fourth-order valence-corrected chi connectivity index (χ4v) is 2.24. The molecule has 0 aliphatic rings. The van der Waals surface area contributed by atoms with E-state index in [4.69, 9.17) is 28.3 Å². The monoisotopic (exact) mass is 326 g/mol. The maximum atomic E-state index is 11.2. The summed E-state index contributed by atoms with van der Waals surface area (Å²) in [6.45, 7) is 0. The van der Waals surface area contributed by atoms with Gasteiger partial charge in [0.15, 0.2) is 0 Å². The Hall–Kier alpha value is -2.31. The number of benzene rings is 2. The number of hydrogen-bond acceptors (Lipinski definition) is 4. The Labute approximate surface area is 129 Å². The molecule has 108 valence electrons. The zero-order valence-corrected chi connectivity index (χ0v) is 11.9. The zero-order valence-electron chi connectivity index (χ0n) is 10.3. The lowest BCUT2D eigenvalue weighted by Crippen LogP contribution is -2.06. The van der Waals surface area contributed by atoms with Crippen LogP contribution in [0.5, 0.6) is 0 Å². The van der Waals surface area contributed by atoms with E-state index in [-0.39, 0.29) is 32.7 Å². The smallest absolute Gasteiger partial charge is 0.338 e. The molecule has 0 atom stereocenters. The Bertz CT molecular complexity index is 682. The van der Waals surface area contributed by atoms with Crippen LogP contribution in [0.15, 0.2) is 36.4 Å². The van der Waals surface area contributed by atoms with Crippen LogP contribution in [0.4, 0.5) is 17.1 Å². The standard InChI is InChI=1S/C13H8Cl2N2O4/c14-8-4-2-5-9(15)12(8)16-11-7(13(18)19)3-1-6-10(11)17(20)21/h1-6,16H,(H,18,19). The van der Waals surface area contributed by atoms with Crippen LogP contribution in [0.25, 0.3) is 0 Å². The van der Waals surface area contributed by atoms with Gasteiger partial charge in [0, 0.05) is 6.07 Å². The summed E-state index contributed by atoms with van der Waals surface area (Å²) in [5, 5.41) is 23.3. The van der Waals surface area contributed by atoms with Crippen molar-refractivity contribution in [1.82, 2.24) is 0 Å². The second-order valence-corrected chi connectivity index (χ2v) is 4.80. The lowest BCUT2D eigenvalue weighted by Gasteiger charge is -2.12. The number of anilines is 2. The molecule has 6 nitrogen and oxygen atoms in total. The summed E-state index contributed by atoms with van der Waals surface area (Å²) in [4.78, 5) is 21.6. The molecular formula is C13H8Cl2N2O4. The van der Waals surface area contributed by atoms with Gasteiger partial charge in [-0.3, -0.25) is 10.1 Å². The largest absolute Gasteiger partial charge is 0.478 e. The van der Waals surface area contributed by atoms with Crippen LogP contribution in [0.1, 0.15) is 10.4 Å². The van der Waals surface area contributed by atoms with Crippen molar-refractivity contribution >= 4 is 46.2 Å². The highest BCUT2D eigenvalue weighted by Gasteiger charge is 2.22. The van der Waals surface area contributed by atoms with Crippen LogP contribution in [0.3, 0.4) is 0 Å². The average molecular weight is 327 g/mol. The predicted octanol–water partition coefficient (Wildman–Crippen LogP) is 4.34. The summed E-state index contributed by atoms with van der Waals surface area (Å²) in [6.07, 6.45) is 0. The van der Waals surface area contributed by atoms with E-state index >= 15 is 0 Å². The maximum Gasteiger partial charge on any atom is 0.338 e. The normalized spacial score (nSPS) is 10.2. The van der Waals surface area contributed by atoms with Crippen molar-refractivity contribution in [2.45, 2.75) is 0 Å². The fourth-order valence-electron chi connectivity index (χ4n) is 1.74. The fraction of sp³-hybridized carbons (Fsp3) is 0. The maximum absolute atomic E-state index is 11.2. The first-order valence-electron chi connectivity index (χ1n) is 5.63. The number of carbonyl (C=O) groups is 1. The van der Waals surface area contributed by atoms with E-state index < -0.39 is 10.9 Å². The second kappa shape index (κ2) is 5.99. The molecule has 0 aliphatic heterocycles.